The molecule has 0 aliphatic rings. The number of hydrogen-bond acceptors (Lipinski definition) is 1. The van der Waals surface area contributed by atoms with E-state index in [-0.39, 0.29) is 5.76 Å². The Morgan fingerprint density at radius 2 is 1.89 bits per heavy atom. The van der Waals surface area contributed by atoms with Crippen LogP contribution in [0.15, 0.2) is 35.6 Å². The average molecular weight is 256 g/mol. The summed E-state index contributed by atoms with van der Waals surface area (Å²) in [4.78, 5) is 3.70. The van der Waals surface area contributed by atoms with E-state index < -0.39 is 11.6 Å². The first-order chi connectivity index (χ1) is 8.49. The Kier molecular flexibility index (Phi) is 5.01. The molecule has 0 atom stereocenters. The molecule has 1 aromatic rings. The number of benzene rings is 1. The maximum atomic E-state index is 13.2. The van der Waals surface area contributed by atoms with E-state index in [1.54, 1.807) is 6.08 Å². The summed E-state index contributed by atoms with van der Waals surface area (Å²) < 4.78 is 38.3. The van der Waals surface area contributed by atoms with Crippen LogP contribution in [0.5, 0.6) is 0 Å². The molecule has 18 heavy (non-hydrogen) atoms. The first kappa shape index (κ1) is 14.4. The zero-order valence-corrected chi connectivity index (χ0v) is 10.6. The smallest absolute Gasteiger partial charge is 0.159 e. The average Bonchev–Trinajstić information content (AvgIpc) is 2.38. The van der Waals surface area contributed by atoms with Crippen molar-refractivity contribution in [3.05, 3.63) is 52.8 Å². The lowest BCUT2D eigenvalue weighted by molar-refractivity contribution is -0.0808. The van der Waals surface area contributed by atoms with Crippen LogP contribution in [0.4, 0.5) is 13.3 Å². The number of allylic oxidation sites excluding steroid dienone is 4. The summed E-state index contributed by atoms with van der Waals surface area (Å²) in [5.74, 6) is -1.90. The predicted molar refractivity (Wildman–Crippen MR) is 65.2 cm³/mol. The summed E-state index contributed by atoms with van der Waals surface area (Å²) in [7, 11) is 0. The van der Waals surface area contributed by atoms with Gasteiger partial charge in [-0.1, -0.05) is 24.6 Å². The van der Waals surface area contributed by atoms with Crippen molar-refractivity contribution in [1.29, 1.82) is 0 Å². The summed E-state index contributed by atoms with van der Waals surface area (Å²) >= 11 is 0. The van der Waals surface area contributed by atoms with Gasteiger partial charge >= 0.3 is 0 Å². The Morgan fingerprint density at radius 1 is 1.22 bits per heavy atom. The molecule has 98 valence electrons. The number of halogens is 3. The molecule has 0 saturated heterocycles. The zero-order chi connectivity index (χ0) is 13.7. The Hall–Kier alpha value is -1.71. The van der Waals surface area contributed by atoms with Gasteiger partial charge in [0.1, 0.15) is 0 Å². The molecule has 0 spiro atoms. The summed E-state index contributed by atoms with van der Waals surface area (Å²) in [6.45, 7) is 5.24. The zero-order valence-electron chi connectivity index (χ0n) is 10.6. The molecule has 1 rings (SSSR count). The highest BCUT2D eigenvalue weighted by Crippen LogP contribution is 2.25. The highest BCUT2D eigenvalue weighted by molar-refractivity contribution is 5.76. The lowest BCUT2D eigenvalue weighted by atomic mass is 10.0. The van der Waals surface area contributed by atoms with Gasteiger partial charge in [-0.25, -0.2) is 8.78 Å². The maximum absolute atomic E-state index is 13.2. The van der Waals surface area contributed by atoms with E-state index in [2.05, 4.69) is 4.94 Å². The molecule has 0 N–H and O–H groups in total. The van der Waals surface area contributed by atoms with Gasteiger partial charge in [-0.05, 0) is 38.0 Å². The standard InChI is InChI=1S/C14H15F3O/c1-4-9(2)7-12(10(3)18-17)11-5-6-13(15)14(16)8-11/h5-8H,4H2,1-3H3/b9-7+,12-10-. The lowest BCUT2D eigenvalue weighted by Crippen LogP contribution is -1.92. The Labute approximate surface area is 104 Å². The monoisotopic (exact) mass is 256 g/mol. The minimum atomic E-state index is -0.973. The molecule has 0 heterocycles. The fourth-order valence-corrected chi connectivity index (χ4v) is 1.44. The highest BCUT2D eigenvalue weighted by Gasteiger charge is 2.09. The molecule has 1 aromatic carbocycles. The molecule has 0 aliphatic heterocycles. The topological polar surface area (TPSA) is 9.23 Å². The van der Waals surface area contributed by atoms with E-state index in [4.69, 9.17) is 0 Å². The second-order valence-corrected chi connectivity index (χ2v) is 4.02. The third kappa shape index (κ3) is 3.39. The van der Waals surface area contributed by atoms with Crippen molar-refractivity contribution in [2.45, 2.75) is 27.2 Å². The Bertz CT molecular complexity index is 490. The molecule has 0 radical (unpaired) electrons. The van der Waals surface area contributed by atoms with E-state index in [0.29, 0.717) is 11.1 Å². The molecular weight excluding hydrogens is 241 g/mol. The molecule has 0 aromatic heterocycles. The molecule has 0 aliphatic carbocycles. The van der Waals surface area contributed by atoms with Gasteiger partial charge in [0, 0.05) is 10.1 Å². The van der Waals surface area contributed by atoms with Gasteiger partial charge in [-0.2, -0.15) is 0 Å². The van der Waals surface area contributed by atoms with Crippen LogP contribution in [0.3, 0.4) is 0 Å². The van der Waals surface area contributed by atoms with Crippen LogP contribution >= 0.6 is 0 Å². The van der Waals surface area contributed by atoms with Crippen LogP contribution in [0, 0.1) is 11.6 Å². The lowest BCUT2D eigenvalue weighted by Gasteiger charge is -2.07. The first-order valence-electron chi connectivity index (χ1n) is 5.61. The summed E-state index contributed by atoms with van der Waals surface area (Å²) in [5.41, 5.74) is 1.75. The van der Waals surface area contributed by atoms with E-state index in [1.165, 1.54) is 13.0 Å². The van der Waals surface area contributed by atoms with Gasteiger partial charge < -0.3 is 0 Å². The molecule has 4 heteroatoms. The van der Waals surface area contributed by atoms with Gasteiger partial charge in [-0.15, -0.1) is 0 Å². The minimum absolute atomic E-state index is 0.00816. The van der Waals surface area contributed by atoms with Crippen molar-refractivity contribution < 1.29 is 18.2 Å². The molecule has 0 fully saturated rings. The van der Waals surface area contributed by atoms with Crippen LogP contribution in [-0.2, 0) is 4.94 Å². The van der Waals surface area contributed by atoms with Crippen molar-refractivity contribution in [2.24, 2.45) is 0 Å². The van der Waals surface area contributed by atoms with E-state index in [9.17, 15) is 13.3 Å². The van der Waals surface area contributed by atoms with E-state index in [1.807, 2.05) is 13.8 Å². The van der Waals surface area contributed by atoms with Gasteiger partial charge in [-0.3, -0.25) is 4.94 Å². The summed E-state index contributed by atoms with van der Waals surface area (Å²) in [6.07, 6.45) is 2.47. The van der Waals surface area contributed by atoms with E-state index in [0.717, 1.165) is 24.1 Å². The van der Waals surface area contributed by atoms with E-state index >= 15 is 0 Å². The minimum Gasteiger partial charge on any atom is -0.299 e. The SMILES string of the molecule is CC/C(C)=C/C(=C(\C)OF)c1ccc(F)c(F)c1. The van der Waals surface area contributed by atoms with Crippen LogP contribution in [0.2, 0.25) is 0 Å². The first-order valence-corrected chi connectivity index (χ1v) is 5.61. The molecule has 0 bridgehead atoms. The van der Waals surface area contributed by atoms with Crippen molar-refractivity contribution >= 4 is 5.57 Å². The third-order valence-electron chi connectivity index (χ3n) is 2.67. The van der Waals surface area contributed by atoms with Crippen molar-refractivity contribution in [3.63, 3.8) is 0 Å². The fraction of sp³-hybridized carbons (Fsp3) is 0.286. The summed E-state index contributed by atoms with van der Waals surface area (Å²) in [6, 6.07) is 3.41. The van der Waals surface area contributed by atoms with Gasteiger partial charge in [0.25, 0.3) is 0 Å². The quantitative estimate of drug-likeness (QED) is 0.547. The number of hydrogen-bond donors (Lipinski definition) is 0. The highest BCUT2D eigenvalue weighted by atomic mass is 19.3. The second kappa shape index (κ2) is 6.28. The molecule has 1 nitrogen and oxygen atoms in total. The van der Waals surface area contributed by atoms with Crippen LogP contribution in [0.25, 0.3) is 5.57 Å². The van der Waals surface area contributed by atoms with Crippen molar-refractivity contribution in [1.82, 2.24) is 0 Å². The Balaban J connectivity index is 3.32. The summed E-state index contributed by atoms with van der Waals surface area (Å²) in [5, 5.41) is 0. The maximum Gasteiger partial charge on any atom is 0.159 e. The van der Waals surface area contributed by atoms with Crippen molar-refractivity contribution in [2.75, 3.05) is 0 Å². The molecule has 0 saturated carbocycles. The van der Waals surface area contributed by atoms with Crippen LogP contribution < -0.4 is 0 Å². The predicted octanol–water partition coefficient (Wildman–Crippen LogP) is 4.95. The molecule has 0 amide bonds. The number of rotatable bonds is 4. The third-order valence-corrected chi connectivity index (χ3v) is 2.67. The van der Waals surface area contributed by atoms with Gasteiger partial charge in [0.15, 0.2) is 17.4 Å². The Morgan fingerprint density at radius 3 is 2.39 bits per heavy atom. The fourth-order valence-electron chi connectivity index (χ4n) is 1.44. The molecular formula is C14H15F3O. The van der Waals surface area contributed by atoms with Crippen molar-refractivity contribution in [3.8, 4) is 0 Å². The second-order valence-electron chi connectivity index (χ2n) is 4.02. The van der Waals surface area contributed by atoms with Gasteiger partial charge in [0.2, 0.25) is 0 Å². The van der Waals surface area contributed by atoms with Crippen LogP contribution in [-0.4, -0.2) is 0 Å². The molecule has 0 unspecified atom stereocenters. The van der Waals surface area contributed by atoms with Crippen LogP contribution in [0.1, 0.15) is 32.8 Å². The normalized spacial score (nSPS) is 13.3. The van der Waals surface area contributed by atoms with Gasteiger partial charge in [0.05, 0.1) is 0 Å². The largest absolute Gasteiger partial charge is 0.299 e.